The van der Waals surface area contributed by atoms with Gasteiger partial charge in [0.2, 0.25) is 0 Å². The Labute approximate surface area is 98.4 Å². The predicted molar refractivity (Wildman–Crippen MR) is 50.8 cm³/mol. The molecular formula is C11H9F7. The summed E-state index contributed by atoms with van der Waals surface area (Å²) >= 11 is 0. The van der Waals surface area contributed by atoms with Crippen molar-refractivity contribution in [1.82, 2.24) is 0 Å². The van der Waals surface area contributed by atoms with Crippen molar-refractivity contribution in [3.8, 4) is 0 Å². The topological polar surface area (TPSA) is 0 Å². The molecule has 1 rings (SSSR count). The summed E-state index contributed by atoms with van der Waals surface area (Å²) in [6.07, 6.45) is -12.1. The van der Waals surface area contributed by atoms with Crippen LogP contribution in [0.15, 0.2) is 18.2 Å². The molecule has 0 aliphatic carbocycles. The van der Waals surface area contributed by atoms with E-state index in [9.17, 15) is 30.7 Å². The highest BCUT2D eigenvalue weighted by Gasteiger charge is 2.73. The summed E-state index contributed by atoms with van der Waals surface area (Å²) in [7, 11) is 0. The molecule has 18 heavy (non-hydrogen) atoms. The van der Waals surface area contributed by atoms with E-state index in [1.807, 2.05) is 0 Å². The third-order valence-electron chi connectivity index (χ3n) is 2.69. The normalized spacial score (nSPS) is 13.8. The van der Waals surface area contributed by atoms with Crippen molar-refractivity contribution in [1.29, 1.82) is 0 Å². The van der Waals surface area contributed by atoms with Gasteiger partial charge in [-0.15, -0.1) is 0 Å². The Morgan fingerprint density at radius 1 is 0.722 bits per heavy atom. The average molecular weight is 274 g/mol. The van der Waals surface area contributed by atoms with Crippen LogP contribution in [0.4, 0.5) is 30.7 Å². The summed E-state index contributed by atoms with van der Waals surface area (Å²) in [5.74, 6) is 0. The molecule has 0 atom stereocenters. The largest absolute Gasteiger partial charge is 0.435 e. The van der Waals surface area contributed by atoms with Crippen molar-refractivity contribution in [2.45, 2.75) is 31.9 Å². The second kappa shape index (κ2) is 4.13. The molecule has 0 bridgehead atoms. The summed E-state index contributed by atoms with van der Waals surface area (Å²) in [6.45, 7) is 2.81. The van der Waals surface area contributed by atoms with E-state index in [-0.39, 0.29) is 5.56 Å². The van der Waals surface area contributed by atoms with Gasteiger partial charge in [0.25, 0.3) is 0 Å². The lowest BCUT2D eigenvalue weighted by molar-refractivity contribution is -0.348. The van der Waals surface area contributed by atoms with Gasteiger partial charge in [-0.05, 0) is 25.0 Å². The Morgan fingerprint density at radius 2 is 1.17 bits per heavy atom. The van der Waals surface area contributed by atoms with E-state index in [4.69, 9.17) is 0 Å². The molecule has 0 heterocycles. The van der Waals surface area contributed by atoms with E-state index < -0.39 is 23.6 Å². The summed E-state index contributed by atoms with van der Waals surface area (Å²) in [5.41, 5.74) is -6.17. The maximum absolute atomic E-state index is 13.6. The first-order valence-corrected chi connectivity index (χ1v) is 4.81. The number of aryl methyl sites for hydroxylation is 2. The summed E-state index contributed by atoms with van der Waals surface area (Å²) in [6, 6.07) is 2.09. The third-order valence-corrected chi connectivity index (χ3v) is 2.69. The van der Waals surface area contributed by atoms with Gasteiger partial charge >= 0.3 is 18.0 Å². The van der Waals surface area contributed by atoms with Crippen LogP contribution in [-0.2, 0) is 5.67 Å². The fraction of sp³-hybridized carbons (Fsp3) is 0.455. The van der Waals surface area contributed by atoms with Crippen LogP contribution in [0.5, 0.6) is 0 Å². The second-order valence-corrected chi connectivity index (χ2v) is 3.95. The van der Waals surface area contributed by atoms with Gasteiger partial charge in [0.15, 0.2) is 0 Å². The lowest BCUT2D eigenvalue weighted by Gasteiger charge is -2.30. The molecule has 0 aliphatic heterocycles. The summed E-state index contributed by atoms with van der Waals surface area (Å²) in [4.78, 5) is 0. The molecule has 0 saturated heterocycles. The molecule has 0 amide bonds. The first-order valence-electron chi connectivity index (χ1n) is 4.81. The number of benzene rings is 1. The van der Waals surface area contributed by atoms with E-state index in [1.54, 1.807) is 0 Å². The van der Waals surface area contributed by atoms with Crippen molar-refractivity contribution in [2.24, 2.45) is 0 Å². The molecule has 0 saturated carbocycles. The minimum Gasteiger partial charge on any atom is -0.218 e. The number of hydrogen-bond donors (Lipinski definition) is 0. The Balaban J connectivity index is 3.51. The van der Waals surface area contributed by atoms with Crippen molar-refractivity contribution in [2.75, 3.05) is 0 Å². The highest BCUT2D eigenvalue weighted by Crippen LogP contribution is 2.53. The van der Waals surface area contributed by atoms with Crippen LogP contribution in [0.3, 0.4) is 0 Å². The number of halogens is 7. The van der Waals surface area contributed by atoms with Crippen molar-refractivity contribution < 1.29 is 30.7 Å². The van der Waals surface area contributed by atoms with Gasteiger partial charge in [0.05, 0.1) is 0 Å². The standard InChI is InChI=1S/C11H9F7/c1-6-3-4-8(5-7(6)2)9(12,10(13,14)15)11(16,17)18/h3-5H,1-2H3. The van der Waals surface area contributed by atoms with Crippen LogP contribution in [0, 0.1) is 13.8 Å². The van der Waals surface area contributed by atoms with E-state index in [0.717, 1.165) is 6.07 Å². The van der Waals surface area contributed by atoms with Gasteiger partial charge in [-0.2, -0.15) is 26.3 Å². The molecular weight excluding hydrogens is 265 g/mol. The van der Waals surface area contributed by atoms with E-state index >= 15 is 0 Å². The minimum absolute atomic E-state index is 0.156. The van der Waals surface area contributed by atoms with E-state index in [1.165, 1.54) is 13.8 Å². The molecule has 0 aromatic heterocycles. The Morgan fingerprint density at radius 3 is 1.50 bits per heavy atom. The van der Waals surface area contributed by atoms with Crippen molar-refractivity contribution >= 4 is 0 Å². The maximum atomic E-state index is 13.6. The highest BCUT2D eigenvalue weighted by atomic mass is 19.4. The molecule has 0 fully saturated rings. The molecule has 0 spiro atoms. The molecule has 1 aromatic rings. The van der Waals surface area contributed by atoms with Gasteiger partial charge in [-0.1, -0.05) is 18.2 Å². The zero-order chi connectivity index (χ0) is 14.4. The fourth-order valence-corrected chi connectivity index (χ4v) is 1.44. The quantitative estimate of drug-likeness (QED) is 0.657. The molecule has 0 aliphatic rings. The van der Waals surface area contributed by atoms with Crippen LogP contribution >= 0.6 is 0 Å². The average Bonchev–Trinajstić information content (AvgIpc) is 2.17. The number of rotatable bonds is 1. The Kier molecular flexibility index (Phi) is 3.40. The first kappa shape index (κ1) is 14.8. The number of alkyl halides is 7. The number of hydrogen-bond acceptors (Lipinski definition) is 0. The second-order valence-electron chi connectivity index (χ2n) is 3.95. The maximum Gasteiger partial charge on any atom is 0.435 e. The van der Waals surface area contributed by atoms with E-state index in [2.05, 4.69) is 0 Å². The van der Waals surface area contributed by atoms with Crippen LogP contribution < -0.4 is 0 Å². The van der Waals surface area contributed by atoms with Crippen LogP contribution in [0.25, 0.3) is 0 Å². The molecule has 0 N–H and O–H groups in total. The lowest BCUT2D eigenvalue weighted by atomic mass is 9.91. The van der Waals surface area contributed by atoms with Gasteiger partial charge in [0.1, 0.15) is 0 Å². The molecule has 0 unspecified atom stereocenters. The van der Waals surface area contributed by atoms with Crippen molar-refractivity contribution in [3.63, 3.8) is 0 Å². The minimum atomic E-state index is -6.06. The summed E-state index contributed by atoms with van der Waals surface area (Å²) < 4.78 is 88.1. The van der Waals surface area contributed by atoms with Gasteiger partial charge in [-0.25, -0.2) is 4.39 Å². The Hall–Kier alpha value is -1.27. The van der Waals surface area contributed by atoms with Crippen molar-refractivity contribution in [3.05, 3.63) is 34.9 Å². The highest BCUT2D eigenvalue weighted by molar-refractivity contribution is 5.35. The smallest absolute Gasteiger partial charge is 0.218 e. The molecule has 1 aromatic carbocycles. The zero-order valence-corrected chi connectivity index (χ0v) is 9.38. The summed E-state index contributed by atoms with van der Waals surface area (Å²) in [5, 5.41) is 0. The lowest BCUT2D eigenvalue weighted by Crippen LogP contribution is -2.50. The first-order chi connectivity index (χ1) is 7.91. The zero-order valence-electron chi connectivity index (χ0n) is 9.38. The van der Waals surface area contributed by atoms with Crippen LogP contribution in [0.1, 0.15) is 16.7 Å². The molecule has 0 nitrogen and oxygen atoms in total. The molecule has 7 heteroatoms. The predicted octanol–water partition coefficient (Wildman–Crippen LogP) is 4.59. The van der Waals surface area contributed by atoms with E-state index in [0.29, 0.717) is 17.7 Å². The SMILES string of the molecule is Cc1ccc(C(F)(C(F)(F)F)C(F)(F)F)cc1C. The Bertz CT molecular complexity index is 428. The van der Waals surface area contributed by atoms with Gasteiger partial charge < -0.3 is 0 Å². The van der Waals surface area contributed by atoms with Gasteiger partial charge in [0, 0.05) is 5.56 Å². The third kappa shape index (κ3) is 2.18. The monoisotopic (exact) mass is 274 g/mol. The molecule has 0 radical (unpaired) electrons. The van der Waals surface area contributed by atoms with Crippen LogP contribution in [-0.4, -0.2) is 12.4 Å². The van der Waals surface area contributed by atoms with Crippen LogP contribution in [0.2, 0.25) is 0 Å². The fourth-order valence-electron chi connectivity index (χ4n) is 1.44. The molecule has 102 valence electrons. The van der Waals surface area contributed by atoms with Gasteiger partial charge in [-0.3, -0.25) is 0 Å².